The van der Waals surface area contributed by atoms with Crippen LogP contribution in [0.3, 0.4) is 0 Å². The molecule has 8 N–H and O–H groups in total. The lowest BCUT2D eigenvalue weighted by atomic mass is 10.1. The van der Waals surface area contributed by atoms with Crippen molar-refractivity contribution >= 4 is 28.3 Å². The average molecular weight is 535 g/mol. The quantitative estimate of drug-likeness (QED) is 0.0552. The number of para-hydroxylation sites is 1. The van der Waals surface area contributed by atoms with Crippen LogP contribution in [0.15, 0.2) is 48.8 Å². The summed E-state index contributed by atoms with van der Waals surface area (Å²) in [7, 11) is 1.47. The van der Waals surface area contributed by atoms with E-state index in [2.05, 4.69) is 25.6 Å². The number of aliphatic hydroxyl groups is 1. The molecule has 0 radical (unpaired) electrons. The van der Waals surface area contributed by atoms with E-state index in [1.54, 1.807) is 6.07 Å². The Hall–Kier alpha value is -4.34. The number of nitrogens with zero attached hydrogens (tertiary/aromatic N) is 5. The molecule has 0 aliphatic carbocycles. The summed E-state index contributed by atoms with van der Waals surface area (Å²) in [5, 5.41) is 18.2. The highest BCUT2D eigenvalue weighted by Gasteiger charge is 2.33. The van der Waals surface area contributed by atoms with Gasteiger partial charge in [0.25, 0.3) is 11.7 Å². The Kier molecular flexibility index (Phi) is 7.53. The number of methoxy groups -OCH3 is 1. The number of Topliss-reactive ketones (excluding diaryl/α,β-unsaturated/α-hetero) is 1. The number of benzene rings is 1. The lowest BCUT2D eigenvalue weighted by Gasteiger charge is -2.42. The molecule has 1 unspecified atom stereocenters. The third-order valence-electron chi connectivity index (χ3n) is 6.79. The monoisotopic (exact) mass is 534 g/mol. The Bertz CT molecular complexity index is 1460. The molecule has 3 aromatic heterocycles. The zero-order valence-corrected chi connectivity index (χ0v) is 21.3. The van der Waals surface area contributed by atoms with E-state index in [1.165, 1.54) is 29.4 Å². The number of hydrogen-bond acceptors (Lipinski definition) is 11. The van der Waals surface area contributed by atoms with Gasteiger partial charge in [0, 0.05) is 32.4 Å². The summed E-state index contributed by atoms with van der Waals surface area (Å²) in [6, 6.07) is 11.1. The second-order valence-electron chi connectivity index (χ2n) is 9.00. The molecule has 14 heteroatoms. The molecular formula is C25H30N10O4. The zero-order chi connectivity index (χ0) is 27.5. The van der Waals surface area contributed by atoms with Crippen LogP contribution >= 0.6 is 0 Å². The number of anilines is 1. The van der Waals surface area contributed by atoms with Gasteiger partial charge in [-0.1, -0.05) is 18.2 Å². The summed E-state index contributed by atoms with van der Waals surface area (Å²) in [4.78, 5) is 37.7. The van der Waals surface area contributed by atoms with Crippen LogP contribution in [-0.2, 0) is 11.4 Å². The first-order valence-electron chi connectivity index (χ1n) is 12.3. The first-order valence-corrected chi connectivity index (χ1v) is 12.3. The number of rotatable bonds is 9. The number of carbonyl (C=O) groups is 2. The van der Waals surface area contributed by atoms with Crippen molar-refractivity contribution in [2.75, 3.05) is 38.3 Å². The molecule has 204 valence electrons. The number of piperazine rings is 1. The van der Waals surface area contributed by atoms with Crippen LogP contribution in [-0.4, -0.2) is 86.3 Å². The van der Waals surface area contributed by atoms with Gasteiger partial charge in [-0.3, -0.25) is 30.4 Å². The van der Waals surface area contributed by atoms with E-state index in [9.17, 15) is 14.7 Å². The largest absolute Gasteiger partial charge is 0.494 e. The number of nitrogens with two attached hydrogens (primary N) is 2. The molecule has 5 rings (SSSR count). The average Bonchev–Trinajstić information content (AvgIpc) is 3.65. The number of hydrogen-bond donors (Lipinski definition) is 6. The fourth-order valence-electron chi connectivity index (χ4n) is 4.74. The first kappa shape index (κ1) is 26.3. The predicted molar refractivity (Wildman–Crippen MR) is 143 cm³/mol. The molecule has 1 aliphatic heterocycles. The lowest BCUT2D eigenvalue weighted by molar-refractivity contribution is -0.128. The molecule has 14 nitrogen and oxygen atoms in total. The Morgan fingerprint density at radius 2 is 1.97 bits per heavy atom. The molecule has 1 aliphatic rings. The summed E-state index contributed by atoms with van der Waals surface area (Å²) in [6.07, 6.45) is 2.46. The van der Waals surface area contributed by atoms with Gasteiger partial charge in [0.15, 0.2) is 6.29 Å². The third kappa shape index (κ3) is 4.94. The summed E-state index contributed by atoms with van der Waals surface area (Å²) < 4.78 is 5.46. The van der Waals surface area contributed by atoms with E-state index in [0.717, 1.165) is 5.69 Å². The van der Waals surface area contributed by atoms with Crippen LogP contribution in [0.1, 0.15) is 16.1 Å². The van der Waals surface area contributed by atoms with Gasteiger partial charge in [0.1, 0.15) is 17.1 Å². The minimum absolute atomic E-state index is 0.176. The zero-order valence-electron chi connectivity index (χ0n) is 21.3. The molecule has 0 saturated carbocycles. The Labute approximate surface area is 223 Å². The van der Waals surface area contributed by atoms with E-state index in [1.807, 2.05) is 35.2 Å². The number of pyridine rings is 1. The highest BCUT2D eigenvalue weighted by Crippen LogP contribution is 2.34. The fourth-order valence-corrected chi connectivity index (χ4v) is 4.74. The van der Waals surface area contributed by atoms with Crippen molar-refractivity contribution in [3.05, 3.63) is 60.0 Å². The maximum absolute atomic E-state index is 13.4. The van der Waals surface area contributed by atoms with E-state index >= 15 is 0 Å². The third-order valence-corrected chi connectivity index (χ3v) is 6.79. The first-order chi connectivity index (χ1) is 19.0. The number of ether oxygens (including phenoxy) is 1. The number of hydrazine groups is 2. The van der Waals surface area contributed by atoms with Crippen molar-refractivity contribution in [2.24, 2.45) is 11.7 Å². The summed E-state index contributed by atoms with van der Waals surface area (Å²) in [6.45, 7) is 1.32. The second kappa shape index (κ2) is 11.2. The lowest BCUT2D eigenvalue weighted by Crippen LogP contribution is -2.65. The molecule has 39 heavy (non-hydrogen) atoms. The maximum atomic E-state index is 13.4. The molecular weight excluding hydrogens is 504 g/mol. The molecule has 1 aromatic carbocycles. The van der Waals surface area contributed by atoms with Crippen molar-refractivity contribution in [2.45, 2.75) is 12.9 Å². The van der Waals surface area contributed by atoms with Crippen LogP contribution in [0, 0.1) is 0 Å². The number of fused-ring (bicyclic) bond motifs is 1. The minimum atomic E-state index is -0.665. The fraction of sp³-hybridized carbons (Fsp3) is 0.280. The van der Waals surface area contributed by atoms with Crippen LogP contribution in [0.2, 0.25) is 0 Å². The molecule has 1 saturated heterocycles. The molecule has 0 bridgehead atoms. The molecule has 1 amide bonds. The van der Waals surface area contributed by atoms with Crippen molar-refractivity contribution in [1.82, 2.24) is 35.4 Å². The van der Waals surface area contributed by atoms with Crippen LogP contribution in [0.25, 0.3) is 22.3 Å². The standard InChI is InChI=1S/C25H30N10O4/c1-39-19-13-29-21(18-11-15(14-36)31-32-18)22-20(19)17(12-28-22)23(37)24(38)33-7-9-34(10-8-33)25(30-26)35(27)16-5-3-2-4-6-16/h2-6,11-13,25,28,30,36H,7-10,14,26-27H2,1H3,(H,31,32). The SMILES string of the molecule is COc1cnc(-c2cc(CO)[nH]n2)c2[nH]cc(C(=O)C(=O)N3CCN(C(NN)N(N)c4ccccc4)CC3)c12. The minimum Gasteiger partial charge on any atom is -0.494 e. The number of carbonyl (C=O) groups excluding carboxylic acids is 2. The van der Waals surface area contributed by atoms with E-state index in [0.29, 0.717) is 59.9 Å². The van der Waals surface area contributed by atoms with Gasteiger partial charge in [-0.25, -0.2) is 16.3 Å². The Morgan fingerprint density at radius 1 is 1.23 bits per heavy atom. The van der Waals surface area contributed by atoms with E-state index in [-0.39, 0.29) is 12.2 Å². The van der Waals surface area contributed by atoms with Gasteiger partial charge >= 0.3 is 0 Å². The van der Waals surface area contributed by atoms with Gasteiger partial charge in [0.05, 0.1) is 47.8 Å². The van der Waals surface area contributed by atoms with E-state index < -0.39 is 18.0 Å². The highest BCUT2D eigenvalue weighted by atomic mass is 16.5. The Morgan fingerprint density at radius 3 is 2.62 bits per heavy atom. The Balaban J connectivity index is 1.33. The van der Waals surface area contributed by atoms with Crippen molar-refractivity contribution in [3.8, 4) is 17.1 Å². The number of aromatic amines is 2. The number of nitrogens with one attached hydrogen (secondary N) is 3. The smallest absolute Gasteiger partial charge is 0.295 e. The summed E-state index contributed by atoms with van der Waals surface area (Å²) in [5.74, 6) is 11.2. The predicted octanol–water partition coefficient (Wildman–Crippen LogP) is -0.0920. The van der Waals surface area contributed by atoms with Crippen molar-refractivity contribution in [3.63, 3.8) is 0 Å². The molecule has 4 heterocycles. The number of aromatic nitrogens is 4. The molecule has 0 spiro atoms. The van der Waals surface area contributed by atoms with Crippen LogP contribution < -0.4 is 26.9 Å². The number of H-pyrrole nitrogens is 2. The molecule has 1 fully saturated rings. The summed E-state index contributed by atoms with van der Waals surface area (Å²) >= 11 is 0. The number of ketones is 1. The van der Waals surface area contributed by atoms with Crippen LogP contribution in [0.4, 0.5) is 5.69 Å². The van der Waals surface area contributed by atoms with Gasteiger partial charge in [-0.15, -0.1) is 0 Å². The maximum Gasteiger partial charge on any atom is 0.295 e. The highest BCUT2D eigenvalue weighted by molar-refractivity contribution is 6.45. The van der Waals surface area contributed by atoms with Crippen molar-refractivity contribution in [1.29, 1.82) is 0 Å². The summed E-state index contributed by atoms with van der Waals surface area (Å²) in [5.41, 5.74) is 5.61. The normalized spacial score (nSPS) is 14.9. The molecule has 4 aromatic rings. The number of amides is 1. The van der Waals surface area contributed by atoms with E-state index in [4.69, 9.17) is 16.4 Å². The van der Waals surface area contributed by atoms with Gasteiger partial charge in [0.2, 0.25) is 0 Å². The van der Waals surface area contributed by atoms with Crippen molar-refractivity contribution < 1.29 is 19.4 Å². The van der Waals surface area contributed by atoms with Gasteiger partial charge in [-0.2, -0.15) is 5.10 Å². The number of aliphatic hydroxyl groups excluding tert-OH is 1. The van der Waals surface area contributed by atoms with Crippen LogP contribution in [0.5, 0.6) is 5.75 Å². The second-order valence-corrected chi connectivity index (χ2v) is 9.00. The van der Waals surface area contributed by atoms with Gasteiger partial charge in [-0.05, 0) is 18.2 Å². The topological polar surface area (TPSA) is 195 Å². The van der Waals surface area contributed by atoms with Gasteiger partial charge < -0.3 is 19.7 Å². The molecule has 1 atom stereocenters.